The average Bonchev–Trinajstić information content (AvgIpc) is 2.82. The Morgan fingerprint density at radius 3 is 2.72 bits per heavy atom. The summed E-state index contributed by atoms with van der Waals surface area (Å²) in [4.78, 5) is 16.9. The van der Waals surface area contributed by atoms with Crippen LogP contribution in [0.2, 0.25) is 0 Å². The third-order valence-corrected chi connectivity index (χ3v) is 3.64. The maximum Gasteiger partial charge on any atom is 0.359 e. The fourth-order valence-corrected chi connectivity index (χ4v) is 2.93. The van der Waals surface area contributed by atoms with Gasteiger partial charge in [0, 0.05) is 5.56 Å². The molecule has 0 aliphatic rings. The molecule has 2 rings (SSSR count). The van der Waals surface area contributed by atoms with Crippen LogP contribution in [0.5, 0.6) is 0 Å². The second kappa shape index (κ2) is 4.70. The average molecular weight is 282 g/mol. The van der Waals surface area contributed by atoms with Crippen LogP contribution in [0.3, 0.4) is 0 Å². The van der Waals surface area contributed by atoms with Crippen LogP contribution in [0, 0.1) is 0 Å². The van der Waals surface area contributed by atoms with Crippen LogP contribution < -0.4 is 5.73 Å². The van der Waals surface area contributed by atoms with Crippen LogP contribution >= 0.6 is 22.7 Å². The molecule has 4 nitrogen and oxygen atoms in total. The fraction of sp³-hybridized carbons (Fsp3) is 0.333. The minimum atomic E-state index is -0.540. The van der Waals surface area contributed by atoms with Crippen LogP contribution in [0.15, 0.2) is 16.8 Å². The highest BCUT2D eigenvalue weighted by Gasteiger charge is 2.24. The van der Waals surface area contributed by atoms with Gasteiger partial charge in [-0.05, 0) is 37.6 Å². The fourth-order valence-electron chi connectivity index (χ4n) is 1.39. The Morgan fingerprint density at radius 2 is 2.17 bits per heavy atom. The van der Waals surface area contributed by atoms with Gasteiger partial charge in [0.15, 0.2) is 10.8 Å². The molecule has 0 bridgehead atoms. The first-order valence-corrected chi connectivity index (χ1v) is 7.15. The molecule has 0 spiro atoms. The van der Waals surface area contributed by atoms with E-state index in [1.807, 2.05) is 37.6 Å². The first-order chi connectivity index (χ1) is 8.37. The highest BCUT2D eigenvalue weighted by atomic mass is 32.1. The minimum Gasteiger partial charge on any atom is -0.455 e. The summed E-state index contributed by atoms with van der Waals surface area (Å²) in [5, 5.41) is 4.28. The summed E-state index contributed by atoms with van der Waals surface area (Å²) in [5.41, 5.74) is 6.40. The van der Waals surface area contributed by atoms with Crippen molar-refractivity contribution in [2.75, 3.05) is 5.73 Å². The summed E-state index contributed by atoms with van der Waals surface area (Å²) < 4.78 is 5.33. The van der Waals surface area contributed by atoms with E-state index in [9.17, 15) is 4.79 Å². The van der Waals surface area contributed by atoms with Crippen molar-refractivity contribution in [3.8, 4) is 10.4 Å². The SMILES string of the molecule is CC(C)(C)OC(=O)c1nc(N)sc1-c1ccsc1. The summed E-state index contributed by atoms with van der Waals surface area (Å²) >= 11 is 2.86. The number of hydrogen-bond donors (Lipinski definition) is 1. The second-order valence-corrected chi connectivity index (χ2v) is 6.55. The molecule has 0 radical (unpaired) electrons. The van der Waals surface area contributed by atoms with Gasteiger partial charge in [-0.3, -0.25) is 0 Å². The Kier molecular flexibility index (Phi) is 3.41. The molecule has 2 heterocycles. The van der Waals surface area contributed by atoms with Gasteiger partial charge >= 0.3 is 5.97 Å². The molecule has 0 unspecified atom stereocenters. The molecular formula is C12H14N2O2S2. The Bertz CT molecular complexity index is 553. The van der Waals surface area contributed by atoms with Crippen molar-refractivity contribution in [3.63, 3.8) is 0 Å². The van der Waals surface area contributed by atoms with E-state index >= 15 is 0 Å². The number of anilines is 1. The zero-order chi connectivity index (χ0) is 13.3. The van der Waals surface area contributed by atoms with Crippen molar-refractivity contribution in [2.45, 2.75) is 26.4 Å². The number of nitrogen functional groups attached to an aromatic ring is 1. The molecule has 18 heavy (non-hydrogen) atoms. The van der Waals surface area contributed by atoms with E-state index in [0.717, 1.165) is 10.4 Å². The summed E-state index contributed by atoms with van der Waals surface area (Å²) in [5.74, 6) is -0.434. The van der Waals surface area contributed by atoms with Gasteiger partial charge in [0.1, 0.15) is 5.60 Å². The molecule has 0 saturated carbocycles. The van der Waals surface area contributed by atoms with Crippen molar-refractivity contribution in [2.24, 2.45) is 0 Å². The monoisotopic (exact) mass is 282 g/mol. The first kappa shape index (κ1) is 13.0. The molecule has 0 fully saturated rings. The van der Waals surface area contributed by atoms with Gasteiger partial charge in [-0.1, -0.05) is 11.3 Å². The van der Waals surface area contributed by atoms with E-state index < -0.39 is 11.6 Å². The molecule has 0 saturated heterocycles. The van der Waals surface area contributed by atoms with Gasteiger partial charge in [-0.15, -0.1) is 0 Å². The number of nitrogens with zero attached hydrogens (tertiary/aromatic N) is 1. The molecule has 0 atom stereocenters. The number of ether oxygens (including phenoxy) is 1. The summed E-state index contributed by atoms with van der Waals surface area (Å²) in [7, 11) is 0. The Morgan fingerprint density at radius 1 is 1.44 bits per heavy atom. The topological polar surface area (TPSA) is 65.2 Å². The van der Waals surface area contributed by atoms with E-state index in [1.54, 1.807) is 11.3 Å². The highest BCUT2D eigenvalue weighted by Crippen LogP contribution is 2.33. The Hall–Kier alpha value is -1.40. The van der Waals surface area contributed by atoms with Crippen LogP contribution in [0.4, 0.5) is 5.13 Å². The third-order valence-electron chi connectivity index (χ3n) is 2.02. The number of aromatic nitrogens is 1. The summed E-state index contributed by atoms with van der Waals surface area (Å²) in [6.45, 7) is 5.47. The maximum atomic E-state index is 12.1. The van der Waals surface area contributed by atoms with Crippen molar-refractivity contribution >= 4 is 33.8 Å². The molecule has 0 aromatic carbocycles. The van der Waals surface area contributed by atoms with Gasteiger partial charge in [0.2, 0.25) is 0 Å². The molecular weight excluding hydrogens is 268 g/mol. The van der Waals surface area contributed by atoms with Gasteiger partial charge in [-0.2, -0.15) is 11.3 Å². The van der Waals surface area contributed by atoms with E-state index in [4.69, 9.17) is 10.5 Å². The smallest absolute Gasteiger partial charge is 0.359 e. The number of rotatable bonds is 2. The third kappa shape index (κ3) is 2.88. The molecule has 2 N–H and O–H groups in total. The van der Waals surface area contributed by atoms with E-state index in [2.05, 4.69) is 4.98 Å². The van der Waals surface area contributed by atoms with Crippen LogP contribution in [0.25, 0.3) is 10.4 Å². The lowest BCUT2D eigenvalue weighted by Gasteiger charge is -2.18. The molecule has 2 aromatic rings. The number of nitrogens with two attached hydrogens (primary N) is 1. The molecule has 6 heteroatoms. The quantitative estimate of drug-likeness (QED) is 0.857. The van der Waals surface area contributed by atoms with Gasteiger partial charge < -0.3 is 10.5 Å². The second-order valence-electron chi connectivity index (χ2n) is 4.74. The van der Waals surface area contributed by atoms with Crippen molar-refractivity contribution in [3.05, 3.63) is 22.5 Å². The zero-order valence-corrected chi connectivity index (χ0v) is 12.0. The van der Waals surface area contributed by atoms with E-state index in [1.165, 1.54) is 11.3 Å². The largest absolute Gasteiger partial charge is 0.455 e. The molecule has 96 valence electrons. The number of hydrogen-bond acceptors (Lipinski definition) is 6. The highest BCUT2D eigenvalue weighted by molar-refractivity contribution is 7.19. The number of carbonyl (C=O) groups is 1. The van der Waals surface area contributed by atoms with Crippen LogP contribution in [-0.4, -0.2) is 16.6 Å². The Balaban J connectivity index is 2.37. The molecule has 0 aliphatic heterocycles. The molecule has 0 aliphatic carbocycles. The lowest BCUT2D eigenvalue weighted by Crippen LogP contribution is -2.24. The lowest BCUT2D eigenvalue weighted by atomic mass is 10.2. The number of esters is 1. The minimum absolute atomic E-state index is 0.297. The number of thiazole rings is 1. The lowest BCUT2D eigenvalue weighted by molar-refractivity contribution is 0.00647. The van der Waals surface area contributed by atoms with Crippen molar-refractivity contribution in [1.82, 2.24) is 4.98 Å². The summed E-state index contributed by atoms with van der Waals surface area (Å²) in [6.07, 6.45) is 0. The molecule has 2 aromatic heterocycles. The number of carbonyl (C=O) groups excluding carboxylic acids is 1. The van der Waals surface area contributed by atoms with E-state index in [-0.39, 0.29) is 0 Å². The first-order valence-electron chi connectivity index (χ1n) is 5.39. The number of thiophene rings is 1. The van der Waals surface area contributed by atoms with Gasteiger partial charge in [0.25, 0.3) is 0 Å². The summed E-state index contributed by atoms with van der Waals surface area (Å²) in [6, 6.07) is 1.94. The molecule has 0 amide bonds. The van der Waals surface area contributed by atoms with Crippen molar-refractivity contribution in [1.29, 1.82) is 0 Å². The van der Waals surface area contributed by atoms with Gasteiger partial charge in [-0.25, -0.2) is 9.78 Å². The predicted octanol–water partition coefficient (Wildman–Crippen LogP) is 3.41. The van der Waals surface area contributed by atoms with Crippen LogP contribution in [-0.2, 0) is 4.74 Å². The zero-order valence-electron chi connectivity index (χ0n) is 10.4. The predicted molar refractivity (Wildman–Crippen MR) is 75.0 cm³/mol. The van der Waals surface area contributed by atoms with Gasteiger partial charge in [0.05, 0.1) is 4.88 Å². The van der Waals surface area contributed by atoms with Crippen LogP contribution in [0.1, 0.15) is 31.3 Å². The Labute approximate surface area is 113 Å². The maximum absolute atomic E-state index is 12.1. The normalized spacial score (nSPS) is 11.5. The van der Waals surface area contributed by atoms with E-state index in [0.29, 0.717) is 10.8 Å². The standard InChI is InChI=1S/C12H14N2O2S2/c1-12(2,3)16-10(15)8-9(18-11(13)14-8)7-4-5-17-6-7/h4-6H,1-3H3,(H2,13,14). The van der Waals surface area contributed by atoms with Crippen molar-refractivity contribution < 1.29 is 9.53 Å².